The predicted octanol–water partition coefficient (Wildman–Crippen LogP) is 9.29. The second-order valence-corrected chi connectivity index (χ2v) is 9.31. The number of aromatic nitrogens is 1. The highest BCUT2D eigenvalue weighted by Gasteiger charge is 2.10. The zero-order chi connectivity index (χ0) is 23.9. The molecule has 0 aliphatic carbocycles. The second kappa shape index (κ2) is 8.48. The molecule has 0 radical (unpaired) electrons. The van der Waals surface area contributed by atoms with Gasteiger partial charge in [0.25, 0.3) is 0 Å². The van der Waals surface area contributed by atoms with Crippen LogP contribution in [-0.4, -0.2) is 4.57 Å². The first-order valence-electron chi connectivity index (χ1n) is 12.0. The molecule has 0 saturated heterocycles. The maximum absolute atomic E-state index is 5.81. The molecule has 0 atom stereocenters. The van der Waals surface area contributed by atoms with Gasteiger partial charge in [0.15, 0.2) is 0 Å². The lowest BCUT2D eigenvalue weighted by molar-refractivity contribution is 0.668. The van der Waals surface area contributed by atoms with Crippen molar-refractivity contribution < 1.29 is 4.42 Å². The van der Waals surface area contributed by atoms with E-state index in [0.29, 0.717) is 0 Å². The fourth-order valence-electron chi connectivity index (χ4n) is 4.89. The molecule has 2 heteroatoms. The first kappa shape index (κ1) is 21.2. The number of rotatable bonds is 1. The third-order valence-corrected chi connectivity index (χ3v) is 6.66. The highest BCUT2D eigenvalue weighted by Crippen LogP contribution is 2.32. The van der Waals surface area contributed by atoms with Crippen LogP contribution < -0.4 is 0 Å². The van der Waals surface area contributed by atoms with Crippen molar-refractivity contribution in [2.75, 3.05) is 0 Å². The SMILES string of the molecule is Cc1ccc(-n2c3ccccc3c3ccccc32)cc1.Cc1ccc2c(c1)oc1cc(C)ccc12. The Hall–Kier alpha value is -4.30. The lowest BCUT2D eigenvalue weighted by Crippen LogP contribution is -1.93. The van der Waals surface area contributed by atoms with E-state index in [1.807, 2.05) is 0 Å². The summed E-state index contributed by atoms with van der Waals surface area (Å²) in [6.45, 7) is 6.28. The van der Waals surface area contributed by atoms with Gasteiger partial charge in [-0.3, -0.25) is 0 Å². The summed E-state index contributed by atoms with van der Waals surface area (Å²) in [4.78, 5) is 0. The molecule has 5 aromatic carbocycles. The van der Waals surface area contributed by atoms with Crippen molar-refractivity contribution >= 4 is 43.7 Å². The van der Waals surface area contributed by atoms with Gasteiger partial charge in [0, 0.05) is 27.2 Å². The van der Waals surface area contributed by atoms with E-state index in [2.05, 4.69) is 135 Å². The second-order valence-electron chi connectivity index (χ2n) is 9.31. The first-order valence-corrected chi connectivity index (χ1v) is 12.0. The molecule has 0 aliphatic heterocycles. The fraction of sp³-hybridized carbons (Fsp3) is 0.0909. The smallest absolute Gasteiger partial charge is 0.135 e. The fourth-order valence-corrected chi connectivity index (χ4v) is 4.89. The topological polar surface area (TPSA) is 18.1 Å². The Morgan fingerprint density at radius 1 is 0.457 bits per heavy atom. The van der Waals surface area contributed by atoms with Crippen molar-refractivity contribution in [3.63, 3.8) is 0 Å². The molecule has 35 heavy (non-hydrogen) atoms. The van der Waals surface area contributed by atoms with E-state index < -0.39 is 0 Å². The zero-order valence-corrected chi connectivity index (χ0v) is 20.2. The largest absolute Gasteiger partial charge is 0.456 e. The van der Waals surface area contributed by atoms with Gasteiger partial charge in [-0.2, -0.15) is 0 Å². The molecule has 0 fully saturated rings. The number of para-hydroxylation sites is 2. The Labute approximate surface area is 205 Å². The van der Waals surface area contributed by atoms with E-state index in [0.717, 1.165) is 11.2 Å². The quantitative estimate of drug-likeness (QED) is 0.242. The van der Waals surface area contributed by atoms with Gasteiger partial charge in [-0.15, -0.1) is 0 Å². The van der Waals surface area contributed by atoms with Crippen LogP contribution in [0.2, 0.25) is 0 Å². The number of hydrogen-bond donors (Lipinski definition) is 0. The monoisotopic (exact) mass is 453 g/mol. The van der Waals surface area contributed by atoms with E-state index >= 15 is 0 Å². The Kier molecular flexibility index (Phi) is 5.15. The van der Waals surface area contributed by atoms with Gasteiger partial charge in [0.05, 0.1) is 11.0 Å². The maximum Gasteiger partial charge on any atom is 0.135 e. The van der Waals surface area contributed by atoms with Gasteiger partial charge in [-0.05, 0) is 68.3 Å². The summed E-state index contributed by atoms with van der Waals surface area (Å²) >= 11 is 0. The van der Waals surface area contributed by atoms with Gasteiger partial charge in [0.1, 0.15) is 11.2 Å². The third kappa shape index (κ3) is 3.77. The average Bonchev–Trinajstić information content (AvgIpc) is 3.39. The molecule has 0 spiro atoms. The number of benzene rings is 5. The lowest BCUT2D eigenvalue weighted by atomic mass is 10.1. The average molecular weight is 454 g/mol. The highest BCUT2D eigenvalue weighted by molar-refractivity contribution is 6.09. The van der Waals surface area contributed by atoms with Crippen molar-refractivity contribution in [1.29, 1.82) is 0 Å². The molecule has 0 saturated carbocycles. The number of aryl methyl sites for hydroxylation is 3. The van der Waals surface area contributed by atoms with Crippen molar-refractivity contribution in [3.05, 3.63) is 126 Å². The number of nitrogens with zero attached hydrogens (tertiary/aromatic N) is 1. The Morgan fingerprint density at radius 3 is 1.43 bits per heavy atom. The van der Waals surface area contributed by atoms with Crippen LogP contribution in [0.1, 0.15) is 16.7 Å². The molecule has 2 nitrogen and oxygen atoms in total. The maximum atomic E-state index is 5.81. The van der Waals surface area contributed by atoms with Crippen LogP contribution >= 0.6 is 0 Å². The molecule has 0 unspecified atom stereocenters. The van der Waals surface area contributed by atoms with Gasteiger partial charge < -0.3 is 8.98 Å². The van der Waals surface area contributed by atoms with E-state index in [4.69, 9.17) is 4.42 Å². The van der Waals surface area contributed by atoms with Crippen molar-refractivity contribution in [2.24, 2.45) is 0 Å². The molecule has 0 bridgehead atoms. The Balaban J connectivity index is 0.000000136. The first-order chi connectivity index (χ1) is 17.1. The van der Waals surface area contributed by atoms with E-state index in [1.54, 1.807) is 0 Å². The number of furan rings is 1. The summed E-state index contributed by atoms with van der Waals surface area (Å²) in [7, 11) is 0. The van der Waals surface area contributed by atoms with Gasteiger partial charge in [-0.1, -0.05) is 78.4 Å². The van der Waals surface area contributed by atoms with Crippen molar-refractivity contribution in [2.45, 2.75) is 20.8 Å². The standard InChI is InChI=1S/C19H15N.C14H12O/c1-14-10-12-15(13-11-14)20-18-8-4-2-6-16(18)17-7-3-5-9-19(17)20;1-9-3-5-11-12-6-4-10(2)8-14(12)15-13(11)7-9/h2-13H,1H3;3-8H,1-2H3. The minimum absolute atomic E-state index is 0.982. The van der Waals surface area contributed by atoms with Gasteiger partial charge >= 0.3 is 0 Å². The van der Waals surface area contributed by atoms with E-state index in [9.17, 15) is 0 Å². The molecule has 0 amide bonds. The van der Waals surface area contributed by atoms with E-state index in [-0.39, 0.29) is 0 Å². The van der Waals surface area contributed by atoms with E-state index in [1.165, 1.54) is 55.0 Å². The van der Waals surface area contributed by atoms with Crippen LogP contribution in [0.3, 0.4) is 0 Å². The predicted molar refractivity (Wildman–Crippen MR) is 149 cm³/mol. The number of hydrogen-bond acceptors (Lipinski definition) is 1. The Morgan fingerprint density at radius 2 is 0.914 bits per heavy atom. The molecule has 2 heterocycles. The van der Waals surface area contributed by atoms with Crippen LogP contribution in [-0.2, 0) is 0 Å². The molecule has 0 N–H and O–H groups in total. The minimum atomic E-state index is 0.982. The van der Waals surface area contributed by atoms with Crippen LogP contribution in [0.25, 0.3) is 49.4 Å². The summed E-state index contributed by atoms with van der Waals surface area (Å²) in [5, 5.41) is 5.03. The summed E-state index contributed by atoms with van der Waals surface area (Å²) in [5.41, 5.74) is 9.46. The molecule has 7 aromatic rings. The van der Waals surface area contributed by atoms with Crippen molar-refractivity contribution in [1.82, 2.24) is 4.57 Å². The molecular weight excluding hydrogens is 426 g/mol. The van der Waals surface area contributed by atoms with Crippen LogP contribution in [0.4, 0.5) is 0 Å². The normalized spacial score (nSPS) is 11.3. The summed E-state index contributed by atoms with van der Waals surface area (Å²) < 4.78 is 8.15. The molecule has 2 aromatic heterocycles. The highest BCUT2D eigenvalue weighted by atomic mass is 16.3. The van der Waals surface area contributed by atoms with Gasteiger partial charge in [0.2, 0.25) is 0 Å². The Bertz CT molecular complexity index is 1710. The summed E-state index contributed by atoms with van der Waals surface area (Å²) in [6, 6.07) is 38.6. The van der Waals surface area contributed by atoms with Crippen LogP contribution in [0.15, 0.2) is 114 Å². The summed E-state index contributed by atoms with van der Waals surface area (Å²) in [5.74, 6) is 0. The number of fused-ring (bicyclic) bond motifs is 6. The van der Waals surface area contributed by atoms with Crippen molar-refractivity contribution in [3.8, 4) is 5.69 Å². The minimum Gasteiger partial charge on any atom is -0.456 e. The molecule has 7 rings (SSSR count). The van der Waals surface area contributed by atoms with Crippen LogP contribution in [0.5, 0.6) is 0 Å². The lowest BCUT2D eigenvalue weighted by Gasteiger charge is -2.07. The molecule has 0 aliphatic rings. The molecular formula is C33H27NO. The van der Waals surface area contributed by atoms with Gasteiger partial charge in [-0.25, -0.2) is 0 Å². The molecule has 170 valence electrons. The van der Waals surface area contributed by atoms with Crippen LogP contribution in [0, 0.1) is 20.8 Å². The zero-order valence-electron chi connectivity index (χ0n) is 20.2. The third-order valence-electron chi connectivity index (χ3n) is 6.66. The summed E-state index contributed by atoms with van der Waals surface area (Å²) in [6.07, 6.45) is 0.